The summed E-state index contributed by atoms with van der Waals surface area (Å²) in [7, 11) is 3.64. The van der Waals surface area contributed by atoms with Crippen LogP contribution in [0.1, 0.15) is 0 Å². The van der Waals surface area contributed by atoms with E-state index < -0.39 is 0 Å². The van der Waals surface area contributed by atoms with Crippen molar-refractivity contribution in [1.29, 1.82) is 0 Å². The molecule has 0 saturated heterocycles. The van der Waals surface area contributed by atoms with Crippen molar-refractivity contribution in [2.24, 2.45) is 0 Å². The van der Waals surface area contributed by atoms with Gasteiger partial charge in [0, 0.05) is 14.1 Å². The van der Waals surface area contributed by atoms with Crippen LogP contribution in [0.2, 0.25) is 0 Å². The smallest absolute Gasteiger partial charge is 0.207 e. The number of hydrogen-bond donors (Lipinski definition) is 2. The molecule has 0 spiro atoms. The van der Waals surface area contributed by atoms with Gasteiger partial charge in [-0.25, -0.2) is 0 Å². The first-order chi connectivity index (χ1) is 4.36. The Balaban J connectivity index is 2.74. The van der Waals surface area contributed by atoms with E-state index in [0.717, 1.165) is 10.3 Å². The third-order valence-corrected chi connectivity index (χ3v) is 1.81. The molecule has 0 aliphatic rings. The first kappa shape index (κ1) is 6.28. The molecule has 0 amide bonds. The van der Waals surface area contributed by atoms with E-state index in [4.69, 9.17) is 0 Å². The van der Waals surface area contributed by atoms with Gasteiger partial charge >= 0.3 is 0 Å². The zero-order valence-corrected chi connectivity index (χ0v) is 6.12. The van der Waals surface area contributed by atoms with Gasteiger partial charge in [-0.1, -0.05) is 11.3 Å². The second-order valence-electron chi connectivity index (χ2n) is 1.41. The number of aromatic nitrogens is 2. The number of hydrogen-bond acceptors (Lipinski definition) is 5. The Morgan fingerprint density at radius 1 is 1.11 bits per heavy atom. The molecule has 1 heterocycles. The molecule has 0 unspecified atom stereocenters. The molecular weight excluding hydrogens is 136 g/mol. The highest BCUT2D eigenvalue weighted by Gasteiger charge is 1.96. The highest BCUT2D eigenvalue weighted by atomic mass is 32.1. The summed E-state index contributed by atoms with van der Waals surface area (Å²) in [5, 5.41) is 15.0. The summed E-state index contributed by atoms with van der Waals surface area (Å²) in [6.07, 6.45) is 0. The average Bonchev–Trinajstić information content (AvgIpc) is 2.34. The van der Waals surface area contributed by atoms with Gasteiger partial charge in [-0.05, 0) is 0 Å². The van der Waals surface area contributed by atoms with Gasteiger partial charge in [-0.2, -0.15) is 0 Å². The number of nitrogens with one attached hydrogen (secondary N) is 2. The molecule has 1 aromatic rings. The minimum atomic E-state index is 0.833. The summed E-state index contributed by atoms with van der Waals surface area (Å²) in [5.41, 5.74) is 0. The molecule has 0 aliphatic carbocycles. The molecule has 0 saturated carbocycles. The third kappa shape index (κ3) is 1.29. The lowest BCUT2D eigenvalue weighted by molar-refractivity contribution is 1.09. The van der Waals surface area contributed by atoms with Crippen molar-refractivity contribution in [1.82, 2.24) is 10.2 Å². The molecule has 2 N–H and O–H groups in total. The highest BCUT2D eigenvalue weighted by molar-refractivity contribution is 7.18. The summed E-state index contributed by atoms with van der Waals surface area (Å²) in [4.78, 5) is 0. The minimum Gasteiger partial charge on any atom is -0.363 e. The van der Waals surface area contributed by atoms with E-state index in [2.05, 4.69) is 20.8 Å². The second-order valence-corrected chi connectivity index (χ2v) is 2.39. The van der Waals surface area contributed by atoms with Crippen molar-refractivity contribution in [2.75, 3.05) is 24.7 Å². The van der Waals surface area contributed by atoms with E-state index in [1.54, 1.807) is 0 Å². The lowest BCUT2D eigenvalue weighted by Gasteiger charge is -1.85. The topological polar surface area (TPSA) is 49.8 Å². The number of rotatable bonds is 2. The molecule has 4 nitrogen and oxygen atoms in total. The second kappa shape index (κ2) is 2.63. The highest BCUT2D eigenvalue weighted by Crippen LogP contribution is 2.17. The molecule has 1 aromatic heterocycles. The van der Waals surface area contributed by atoms with Crippen LogP contribution in [0.25, 0.3) is 0 Å². The quantitative estimate of drug-likeness (QED) is 0.639. The van der Waals surface area contributed by atoms with Crippen LogP contribution < -0.4 is 10.6 Å². The Morgan fingerprint density at radius 3 is 1.78 bits per heavy atom. The van der Waals surface area contributed by atoms with Gasteiger partial charge in [-0.3, -0.25) is 0 Å². The van der Waals surface area contributed by atoms with Gasteiger partial charge in [0.2, 0.25) is 10.3 Å². The molecule has 0 aromatic carbocycles. The summed E-state index contributed by atoms with van der Waals surface area (Å²) >= 11 is 1.49. The van der Waals surface area contributed by atoms with Crippen LogP contribution in [-0.2, 0) is 0 Å². The Kier molecular flexibility index (Phi) is 1.84. The predicted octanol–water partition coefficient (Wildman–Crippen LogP) is 0.621. The van der Waals surface area contributed by atoms with Crippen LogP contribution in [0.3, 0.4) is 0 Å². The fraction of sp³-hybridized carbons (Fsp3) is 0.500. The molecular formula is C4H8N4S. The van der Waals surface area contributed by atoms with Crippen LogP contribution in [0, 0.1) is 0 Å². The Bertz CT molecular complexity index is 166. The standard InChI is InChI=1S/C4H8N4S/c1-5-3-7-8-4(6-2)9-3/h1-2H3,(H,5,7)(H,6,8). The van der Waals surface area contributed by atoms with Crippen LogP contribution >= 0.6 is 11.3 Å². The number of nitrogens with zero attached hydrogens (tertiary/aromatic N) is 2. The Labute approximate surface area is 57.3 Å². The van der Waals surface area contributed by atoms with Crippen molar-refractivity contribution in [3.63, 3.8) is 0 Å². The molecule has 1 rings (SSSR count). The molecule has 5 heteroatoms. The molecule has 0 bridgehead atoms. The summed E-state index contributed by atoms with van der Waals surface area (Å²) in [6, 6.07) is 0. The van der Waals surface area contributed by atoms with E-state index in [1.165, 1.54) is 11.3 Å². The lowest BCUT2D eigenvalue weighted by Crippen LogP contribution is -1.85. The maximum absolute atomic E-state index is 3.80. The predicted molar refractivity (Wildman–Crippen MR) is 39.0 cm³/mol. The fourth-order valence-electron chi connectivity index (χ4n) is 0.425. The van der Waals surface area contributed by atoms with Gasteiger partial charge in [0.1, 0.15) is 0 Å². The molecule has 0 aliphatic heterocycles. The van der Waals surface area contributed by atoms with E-state index in [1.807, 2.05) is 14.1 Å². The van der Waals surface area contributed by atoms with Crippen molar-refractivity contribution in [3.8, 4) is 0 Å². The average molecular weight is 144 g/mol. The van der Waals surface area contributed by atoms with E-state index in [9.17, 15) is 0 Å². The monoisotopic (exact) mass is 144 g/mol. The first-order valence-electron chi connectivity index (χ1n) is 2.56. The normalized spacial score (nSPS) is 9.11. The Hall–Kier alpha value is -0.840. The first-order valence-corrected chi connectivity index (χ1v) is 3.37. The summed E-state index contributed by atoms with van der Waals surface area (Å²) < 4.78 is 0. The SMILES string of the molecule is CNc1nnc(NC)s1. The van der Waals surface area contributed by atoms with E-state index >= 15 is 0 Å². The summed E-state index contributed by atoms with van der Waals surface area (Å²) in [5.74, 6) is 0. The van der Waals surface area contributed by atoms with Gasteiger partial charge in [-0.15, -0.1) is 10.2 Å². The van der Waals surface area contributed by atoms with Crippen LogP contribution in [-0.4, -0.2) is 24.3 Å². The molecule has 0 atom stereocenters. The largest absolute Gasteiger partial charge is 0.363 e. The van der Waals surface area contributed by atoms with Crippen molar-refractivity contribution in [3.05, 3.63) is 0 Å². The van der Waals surface area contributed by atoms with Crippen molar-refractivity contribution < 1.29 is 0 Å². The van der Waals surface area contributed by atoms with Gasteiger partial charge in [0.05, 0.1) is 0 Å². The molecule has 0 fully saturated rings. The zero-order chi connectivity index (χ0) is 6.69. The van der Waals surface area contributed by atoms with Gasteiger partial charge in [0.25, 0.3) is 0 Å². The van der Waals surface area contributed by atoms with E-state index in [-0.39, 0.29) is 0 Å². The van der Waals surface area contributed by atoms with Crippen LogP contribution in [0.15, 0.2) is 0 Å². The maximum Gasteiger partial charge on any atom is 0.207 e. The van der Waals surface area contributed by atoms with Crippen molar-refractivity contribution in [2.45, 2.75) is 0 Å². The van der Waals surface area contributed by atoms with Gasteiger partial charge < -0.3 is 10.6 Å². The number of anilines is 2. The fourth-order valence-corrected chi connectivity index (χ4v) is 0.976. The Morgan fingerprint density at radius 2 is 1.56 bits per heavy atom. The van der Waals surface area contributed by atoms with E-state index in [0.29, 0.717) is 0 Å². The molecule has 50 valence electrons. The third-order valence-electron chi connectivity index (χ3n) is 0.853. The summed E-state index contributed by atoms with van der Waals surface area (Å²) in [6.45, 7) is 0. The lowest BCUT2D eigenvalue weighted by atomic mass is 11.1. The van der Waals surface area contributed by atoms with Crippen molar-refractivity contribution >= 4 is 21.6 Å². The minimum absolute atomic E-state index is 0.833. The van der Waals surface area contributed by atoms with Gasteiger partial charge in [0.15, 0.2) is 0 Å². The van der Waals surface area contributed by atoms with Crippen LogP contribution in [0.5, 0.6) is 0 Å². The maximum atomic E-state index is 3.80. The van der Waals surface area contributed by atoms with Crippen LogP contribution in [0.4, 0.5) is 10.3 Å². The molecule has 0 radical (unpaired) electrons. The molecule has 9 heavy (non-hydrogen) atoms. The zero-order valence-electron chi connectivity index (χ0n) is 5.30.